The highest BCUT2D eigenvalue weighted by atomic mass is 79.9. The number of halogens is 2. The molecule has 0 spiro atoms. The topological polar surface area (TPSA) is 46.2 Å². The number of nitrogens with one attached hydrogen (secondary N) is 1. The zero-order valence-corrected chi connectivity index (χ0v) is 13.7. The van der Waals surface area contributed by atoms with Crippen LogP contribution in [-0.2, 0) is 21.9 Å². The standard InChI is InChI=1S/C14H13BrClNO2S/c15-9-11-2-1-3-12(8-11)10-17-20(18,19)14-6-4-13(16)5-7-14/h1-8,17H,9-10H2. The van der Waals surface area contributed by atoms with Gasteiger partial charge in [0.05, 0.1) is 4.90 Å². The molecule has 3 nitrogen and oxygen atoms in total. The van der Waals surface area contributed by atoms with E-state index in [9.17, 15) is 8.42 Å². The average molecular weight is 375 g/mol. The Balaban J connectivity index is 2.10. The molecule has 0 aromatic heterocycles. The molecule has 0 saturated heterocycles. The molecule has 106 valence electrons. The van der Waals surface area contributed by atoms with Gasteiger partial charge in [-0.3, -0.25) is 0 Å². The lowest BCUT2D eigenvalue weighted by molar-refractivity contribution is 0.581. The van der Waals surface area contributed by atoms with E-state index in [0.717, 1.165) is 16.5 Å². The zero-order valence-electron chi connectivity index (χ0n) is 10.5. The SMILES string of the molecule is O=S(=O)(NCc1cccc(CBr)c1)c1ccc(Cl)cc1. The quantitative estimate of drug-likeness (QED) is 0.811. The third-order valence-corrected chi connectivity index (χ3v) is 5.05. The highest BCUT2D eigenvalue weighted by molar-refractivity contribution is 9.08. The van der Waals surface area contributed by atoms with Crippen molar-refractivity contribution in [2.75, 3.05) is 0 Å². The van der Waals surface area contributed by atoms with E-state index in [-0.39, 0.29) is 11.4 Å². The molecule has 2 aromatic rings. The minimum Gasteiger partial charge on any atom is -0.207 e. The predicted octanol–water partition coefficient (Wildman–Crippen LogP) is 3.71. The summed E-state index contributed by atoms with van der Waals surface area (Å²) in [7, 11) is -3.52. The molecule has 0 fully saturated rings. The zero-order chi connectivity index (χ0) is 14.6. The van der Waals surface area contributed by atoms with Crippen LogP contribution in [0.1, 0.15) is 11.1 Å². The first-order valence-corrected chi connectivity index (χ1v) is 8.88. The van der Waals surface area contributed by atoms with E-state index in [1.54, 1.807) is 12.1 Å². The maximum Gasteiger partial charge on any atom is 0.240 e. The molecule has 0 heterocycles. The van der Waals surface area contributed by atoms with Crippen molar-refractivity contribution in [3.05, 3.63) is 64.7 Å². The summed E-state index contributed by atoms with van der Waals surface area (Å²) < 4.78 is 26.8. The van der Waals surface area contributed by atoms with Crippen molar-refractivity contribution in [3.63, 3.8) is 0 Å². The predicted molar refractivity (Wildman–Crippen MR) is 84.6 cm³/mol. The second-order valence-electron chi connectivity index (χ2n) is 4.23. The van der Waals surface area contributed by atoms with Crippen molar-refractivity contribution in [3.8, 4) is 0 Å². The number of hydrogen-bond donors (Lipinski definition) is 1. The van der Waals surface area contributed by atoms with Crippen molar-refractivity contribution < 1.29 is 8.42 Å². The fraction of sp³-hybridized carbons (Fsp3) is 0.143. The Hall–Kier alpha value is -0.880. The lowest BCUT2D eigenvalue weighted by atomic mass is 10.1. The third kappa shape index (κ3) is 4.06. The van der Waals surface area contributed by atoms with Crippen LogP contribution in [0.15, 0.2) is 53.4 Å². The highest BCUT2D eigenvalue weighted by Crippen LogP contribution is 2.15. The second kappa shape index (κ2) is 6.72. The van der Waals surface area contributed by atoms with Crippen LogP contribution in [0.3, 0.4) is 0 Å². The summed E-state index contributed by atoms with van der Waals surface area (Å²) in [6.45, 7) is 0.256. The van der Waals surface area contributed by atoms with Gasteiger partial charge in [-0.1, -0.05) is 51.8 Å². The minimum absolute atomic E-state index is 0.207. The lowest BCUT2D eigenvalue weighted by Gasteiger charge is -2.08. The van der Waals surface area contributed by atoms with Crippen LogP contribution in [0.2, 0.25) is 5.02 Å². The van der Waals surface area contributed by atoms with Crippen molar-refractivity contribution in [1.29, 1.82) is 0 Å². The highest BCUT2D eigenvalue weighted by Gasteiger charge is 2.13. The van der Waals surface area contributed by atoms with E-state index in [2.05, 4.69) is 20.7 Å². The summed E-state index contributed by atoms with van der Waals surface area (Å²) in [6, 6.07) is 13.8. The van der Waals surface area contributed by atoms with E-state index < -0.39 is 10.0 Å². The smallest absolute Gasteiger partial charge is 0.207 e. The van der Waals surface area contributed by atoms with Crippen LogP contribution in [0.25, 0.3) is 0 Å². The largest absolute Gasteiger partial charge is 0.240 e. The molecule has 2 aromatic carbocycles. The van der Waals surface area contributed by atoms with E-state index in [1.165, 1.54) is 12.1 Å². The Morgan fingerprint density at radius 3 is 2.35 bits per heavy atom. The van der Waals surface area contributed by atoms with Gasteiger partial charge in [0.15, 0.2) is 0 Å². The molecular formula is C14H13BrClNO2S. The molecule has 0 aliphatic rings. The summed E-state index contributed by atoms with van der Waals surface area (Å²) in [4.78, 5) is 0.207. The van der Waals surface area contributed by atoms with Gasteiger partial charge in [0, 0.05) is 16.9 Å². The molecule has 20 heavy (non-hydrogen) atoms. The first kappa shape index (κ1) is 15.5. The Morgan fingerprint density at radius 1 is 1.05 bits per heavy atom. The molecule has 0 unspecified atom stereocenters. The number of sulfonamides is 1. The molecule has 0 saturated carbocycles. The van der Waals surface area contributed by atoms with Gasteiger partial charge in [0.25, 0.3) is 0 Å². The Bertz CT molecular complexity index is 687. The molecule has 0 radical (unpaired) electrons. The van der Waals surface area contributed by atoms with Gasteiger partial charge in [-0.15, -0.1) is 0 Å². The average Bonchev–Trinajstić information content (AvgIpc) is 2.46. The lowest BCUT2D eigenvalue weighted by Crippen LogP contribution is -2.23. The third-order valence-electron chi connectivity index (χ3n) is 2.74. The maximum absolute atomic E-state index is 12.1. The first-order valence-electron chi connectivity index (χ1n) is 5.90. The van der Waals surface area contributed by atoms with Gasteiger partial charge in [-0.05, 0) is 35.4 Å². The number of benzene rings is 2. The van der Waals surface area contributed by atoms with Gasteiger partial charge < -0.3 is 0 Å². The minimum atomic E-state index is -3.52. The van der Waals surface area contributed by atoms with Gasteiger partial charge >= 0.3 is 0 Å². The molecule has 0 bridgehead atoms. The van der Waals surface area contributed by atoms with Gasteiger partial charge in [0.1, 0.15) is 0 Å². The van der Waals surface area contributed by atoms with Gasteiger partial charge in [0.2, 0.25) is 10.0 Å². The second-order valence-corrected chi connectivity index (χ2v) is 7.00. The normalized spacial score (nSPS) is 11.5. The molecular weight excluding hydrogens is 362 g/mol. The molecule has 0 aliphatic heterocycles. The number of rotatable bonds is 5. The Morgan fingerprint density at radius 2 is 1.70 bits per heavy atom. The van der Waals surface area contributed by atoms with Crippen molar-refractivity contribution in [2.45, 2.75) is 16.8 Å². The van der Waals surface area contributed by atoms with E-state index in [4.69, 9.17) is 11.6 Å². The molecule has 2 rings (SSSR count). The number of alkyl halides is 1. The number of hydrogen-bond acceptors (Lipinski definition) is 2. The van der Waals surface area contributed by atoms with Crippen LogP contribution in [0.5, 0.6) is 0 Å². The molecule has 1 N–H and O–H groups in total. The first-order chi connectivity index (χ1) is 9.51. The Kier molecular flexibility index (Phi) is 5.21. The van der Waals surface area contributed by atoms with Crippen LogP contribution >= 0.6 is 27.5 Å². The van der Waals surface area contributed by atoms with Crippen LogP contribution in [-0.4, -0.2) is 8.42 Å². The molecule has 0 atom stereocenters. The van der Waals surface area contributed by atoms with Crippen LogP contribution < -0.4 is 4.72 Å². The van der Waals surface area contributed by atoms with E-state index in [1.807, 2.05) is 24.3 Å². The van der Waals surface area contributed by atoms with E-state index in [0.29, 0.717) is 5.02 Å². The van der Waals surface area contributed by atoms with Crippen molar-refractivity contribution in [2.24, 2.45) is 0 Å². The molecule has 6 heteroatoms. The maximum atomic E-state index is 12.1. The van der Waals surface area contributed by atoms with E-state index >= 15 is 0 Å². The fourth-order valence-electron chi connectivity index (χ4n) is 1.70. The molecule has 0 aliphatic carbocycles. The summed E-state index contributed by atoms with van der Waals surface area (Å²) in [6.07, 6.45) is 0. The summed E-state index contributed by atoms with van der Waals surface area (Å²) in [5.41, 5.74) is 2.02. The summed E-state index contributed by atoms with van der Waals surface area (Å²) >= 11 is 9.12. The van der Waals surface area contributed by atoms with Crippen molar-refractivity contribution in [1.82, 2.24) is 4.72 Å². The van der Waals surface area contributed by atoms with Crippen LogP contribution in [0.4, 0.5) is 0 Å². The fourth-order valence-corrected chi connectivity index (χ4v) is 3.19. The van der Waals surface area contributed by atoms with Gasteiger partial charge in [-0.25, -0.2) is 13.1 Å². The Labute approximate surface area is 132 Å². The van der Waals surface area contributed by atoms with Crippen LogP contribution in [0, 0.1) is 0 Å². The molecule has 0 amide bonds. The summed E-state index contributed by atoms with van der Waals surface area (Å²) in [5.74, 6) is 0. The van der Waals surface area contributed by atoms with Crippen molar-refractivity contribution >= 4 is 37.6 Å². The van der Waals surface area contributed by atoms with Gasteiger partial charge in [-0.2, -0.15) is 0 Å². The summed E-state index contributed by atoms with van der Waals surface area (Å²) in [5, 5.41) is 1.25. The monoisotopic (exact) mass is 373 g/mol.